The monoisotopic (exact) mass is 377 g/mol. The Balaban J connectivity index is 1.40. The van der Waals surface area contributed by atoms with Crippen LogP contribution in [0.1, 0.15) is 12.8 Å². The Bertz CT molecular complexity index is 978. The molecule has 0 unspecified atom stereocenters. The summed E-state index contributed by atoms with van der Waals surface area (Å²) in [6.07, 6.45) is 3.01. The second kappa shape index (κ2) is 7.76. The number of nitrogens with zero attached hydrogens (tertiary/aromatic N) is 3. The van der Waals surface area contributed by atoms with Crippen molar-refractivity contribution in [2.45, 2.75) is 13.0 Å². The van der Waals surface area contributed by atoms with Gasteiger partial charge in [-0.1, -0.05) is 24.3 Å². The number of ether oxygens (including phenoxy) is 1. The first-order valence-corrected chi connectivity index (χ1v) is 9.43. The number of oxazole rings is 1. The fourth-order valence-corrected chi connectivity index (χ4v) is 3.40. The van der Waals surface area contributed by atoms with E-state index in [0.29, 0.717) is 18.0 Å². The van der Waals surface area contributed by atoms with Crippen LogP contribution in [-0.2, 0) is 4.79 Å². The minimum atomic E-state index is -0.118. The third-order valence-corrected chi connectivity index (χ3v) is 4.84. The van der Waals surface area contributed by atoms with Gasteiger partial charge in [0.15, 0.2) is 5.58 Å². The van der Waals surface area contributed by atoms with E-state index in [-0.39, 0.29) is 12.0 Å². The predicted octanol–water partition coefficient (Wildman–Crippen LogP) is 3.59. The van der Waals surface area contributed by atoms with Gasteiger partial charge in [0.05, 0.1) is 18.8 Å². The Morgan fingerprint density at radius 2 is 2.04 bits per heavy atom. The highest BCUT2D eigenvalue weighted by Gasteiger charge is 2.26. The van der Waals surface area contributed by atoms with E-state index in [1.54, 1.807) is 18.0 Å². The van der Waals surface area contributed by atoms with Crippen LogP contribution in [0, 0.1) is 0 Å². The van der Waals surface area contributed by atoms with Crippen LogP contribution in [0.5, 0.6) is 5.75 Å². The average molecular weight is 377 g/mol. The molecule has 0 N–H and O–H groups in total. The van der Waals surface area contributed by atoms with Crippen LogP contribution < -0.4 is 9.64 Å². The van der Waals surface area contributed by atoms with Crippen LogP contribution in [0.2, 0.25) is 0 Å². The molecule has 0 fully saturated rings. The molecule has 0 spiro atoms. The van der Waals surface area contributed by atoms with E-state index >= 15 is 0 Å². The smallest absolute Gasteiger partial charge is 0.246 e. The van der Waals surface area contributed by atoms with E-state index in [9.17, 15) is 4.79 Å². The van der Waals surface area contributed by atoms with Crippen LogP contribution in [0.3, 0.4) is 0 Å². The van der Waals surface area contributed by atoms with E-state index < -0.39 is 0 Å². The maximum Gasteiger partial charge on any atom is 0.246 e. The van der Waals surface area contributed by atoms with Crippen molar-refractivity contribution in [1.29, 1.82) is 0 Å². The molecule has 0 aliphatic carbocycles. The van der Waals surface area contributed by atoms with Gasteiger partial charge in [0.25, 0.3) is 0 Å². The number of fused-ring (bicyclic) bond motifs is 2. The zero-order valence-corrected chi connectivity index (χ0v) is 16.0. The first-order chi connectivity index (χ1) is 13.6. The molecular weight excluding hydrogens is 354 g/mol. The minimum absolute atomic E-state index is 0.0819. The lowest BCUT2D eigenvalue weighted by atomic mass is 10.2. The van der Waals surface area contributed by atoms with Crippen LogP contribution in [0.25, 0.3) is 17.2 Å². The number of hydrogen-bond donors (Lipinski definition) is 0. The molecule has 4 rings (SSSR count). The first kappa shape index (κ1) is 18.1. The first-order valence-electron chi connectivity index (χ1n) is 9.43. The van der Waals surface area contributed by atoms with Crippen LogP contribution in [0.4, 0.5) is 5.69 Å². The van der Waals surface area contributed by atoms with E-state index in [2.05, 4.69) is 22.9 Å². The van der Waals surface area contributed by atoms with E-state index in [1.807, 2.05) is 42.5 Å². The van der Waals surface area contributed by atoms with Crippen molar-refractivity contribution < 1.29 is 13.9 Å². The number of hydrogen-bond acceptors (Lipinski definition) is 5. The largest absolute Gasteiger partial charge is 0.485 e. The lowest BCUT2D eigenvalue weighted by Gasteiger charge is -2.37. The summed E-state index contributed by atoms with van der Waals surface area (Å²) in [6.45, 7) is 4.27. The highest BCUT2D eigenvalue weighted by molar-refractivity contribution is 5.91. The minimum Gasteiger partial charge on any atom is -0.485 e. The summed E-state index contributed by atoms with van der Waals surface area (Å²) in [6, 6.07) is 15.5. The van der Waals surface area contributed by atoms with Crippen molar-refractivity contribution in [2.24, 2.45) is 0 Å². The van der Waals surface area contributed by atoms with E-state index in [0.717, 1.165) is 30.0 Å². The summed E-state index contributed by atoms with van der Waals surface area (Å²) in [5.74, 6) is 1.17. The van der Waals surface area contributed by atoms with Gasteiger partial charge in [-0.3, -0.25) is 4.79 Å². The fraction of sp³-hybridized carbons (Fsp3) is 0.273. The maximum absolute atomic E-state index is 12.5. The molecule has 1 aliphatic rings. The summed E-state index contributed by atoms with van der Waals surface area (Å²) >= 11 is 0. The number of rotatable bonds is 5. The lowest BCUT2D eigenvalue weighted by molar-refractivity contribution is -0.125. The SMILES string of the molecule is CCN1C[C@H](CN(C)C(=O)/C=C/c2nc3ccccc3o2)Oc2ccccc21. The van der Waals surface area contributed by atoms with Gasteiger partial charge in [-0.2, -0.15) is 0 Å². The molecule has 2 heterocycles. The van der Waals surface area contributed by atoms with Crippen LogP contribution >= 0.6 is 0 Å². The van der Waals surface area contributed by atoms with Gasteiger partial charge < -0.3 is 19.0 Å². The van der Waals surface area contributed by atoms with Gasteiger partial charge >= 0.3 is 0 Å². The molecule has 0 radical (unpaired) electrons. The van der Waals surface area contributed by atoms with Crippen LogP contribution in [0.15, 0.2) is 59.0 Å². The van der Waals surface area contributed by atoms with Gasteiger partial charge in [0.1, 0.15) is 17.4 Å². The highest BCUT2D eigenvalue weighted by atomic mass is 16.5. The Labute approximate surface area is 164 Å². The molecular formula is C22H23N3O3. The topological polar surface area (TPSA) is 58.8 Å². The number of para-hydroxylation sites is 4. The number of carbonyl (C=O) groups excluding carboxylic acids is 1. The van der Waals surface area contributed by atoms with Gasteiger partial charge in [-0.25, -0.2) is 4.98 Å². The molecule has 0 saturated carbocycles. The molecule has 1 aromatic heterocycles. The molecule has 6 heteroatoms. The summed E-state index contributed by atoms with van der Waals surface area (Å²) in [4.78, 5) is 20.8. The summed E-state index contributed by atoms with van der Waals surface area (Å²) in [7, 11) is 1.78. The van der Waals surface area contributed by atoms with E-state index in [1.165, 1.54) is 6.08 Å². The normalized spacial score (nSPS) is 16.2. The Kier molecular flexibility index (Phi) is 5.02. The zero-order valence-electron chi connectivity index (χ0n) is 16.0. The van der Waals surface area contributed by atoms with Crippen molar-refractivity contribution in [3.05, 3.63) is 60.5 Å². The Hall–Kier alpha value is -3.28. The van der Waals surface area contributed by atoms with Gasteiger partial charge in [0, 0.05) is 25.7 Å². The Morgan fingerprint density at radius 1 is 1.25 bits per heavy atom. The van der Waals surface area contributed by atoms with Gasteiger partial charge in [-0.05, 0) is 31.2 Å². The van der Waals surface area contributed by atoms with Gasteiger partial charge in [-0.15, -0.1) is 0 Å². The lowest BCUT2D eigenvalue weighted by Crippen LogP contribution is -2.46. The predicted molar refractivity (Wildman–Crippen MR) is 109 cm³/mol. The Morgan fingerprint density at radius 3 is 2.86 bits per heavy atom. The molecule has 2 aromatic carbocycles. The van der Waals surface area contributed by atoms with Crippen molar-refractivity contribution in [3.63, 3.8) is 0 Å². The quantitative estimate of drug-likeness (QED) is 0.636. The number of benzene rings is 2. The van der Waals surface area contributed by atoms with Gasteiger partial charge in [0.2, 0.25) is 11.8 Å². The van der Waals surface area contributed by atoms with Crippen molar-refractivity contribution >= 4 is 28.8 Å². The second-order valence-electron chi connectivity index (χ2n) is 6.82. The zero-order chi connectivity index (χ0) is 19.5. The molecule has 1 aliphatic heterocycles. The summed E-state index contributed by atoms with van der Waals surface area (Å²) < 4.78 is 11.7. The molecule has 28 heavy (non-hydrogen) atoms. The molecule has 0 bridgehead atoms. The maximum atomic E-state index is 12.5. The number of anilines is 1. The van der Waals surface area contributed by atoms with Crippen molar-refractivity contribution in [1.82, 2.24) is 9.88 Å². The van der Waals surface area contributed by atoms with Crippen molar-refractivity contribution in [2.75, 3.05) is 31.6 Å². The third-order valence-electron chi connectivity index (χ3n) is 4.84. The molecule has 3 aromatic rings. The standard InChI is InChI=1S/C22H23N3O3/c1-3-25-15-16(27-20-11-7-5-9-18(20)25)14-24(2)22(26)13-12-21-23-17-8-4-6-10-19(17)28-21/h4-13,16H,3,14-15H2,1-2H3/b13-12+/t16-/m0/s1. The summed E-state index contributed by atoms with van der Waals surface area (Å²) in [5.41, 5.74) is 2.58. The molecule has 6 nitrogen and oxygen atoms in total. The third kappa shape index (κ3) is 3.71. The van der Waals surface area contributed by atoms with E-state index in [4.69, 9.17) is 9.15 Å². The second-order valence-corrected chi connectivity index (χ2v) is 6.82. The highest BCUT2D eigenvalue weighted by Crippen LogP contribution is 2.32. The molecule has 144 valence electrons. The number of likely N-dealkylation sites (N-methyl/N-ethyl adjacent to an activating group) is 2. The number of aromatic nitrogens is 1. The molecule has 0 saturated heterocycles. The van der Waals surface area contributed by atoms with Crippen LogP contribution in [-0.4, -0.2) is 48.6 Å². The molecule has 1 atom stereocenters. The average Bonchev–Trinajstić information content (AvgIpc) is 3.14. The van der Waals surface area contributed by atoms with Crippen molar-refractivity contribution in [3.8, 4) is 5.75 Å². The fourth-order valence-electron chi connectivity index (χ4n) is 3.40. The number of amides is 1. The molecule has 1 amide bonds. The summed E-state index contributed by atoms with van der Waals surface area (Å²) in [5, 5.41) is 0. The number of carbonyl (C=O) groups is 1.